The number of imidazole rings is 1. The van der Waals surface area contributed by atoms with E-state index in [1.165, 1.54) is 57.2 Å². The van der Waals surface area contributed by atoms with Gasteiger partial charge in [-0.3, -0.25) is 0 Å². The SMILES string of the molecule is CCCCC1CCC(CCl)(CCc2nccn2C)CC1. The van der Waals surface area contributed by atoms with Gasteiger partial charge in [-0.15, -0.1) is 11.6 Å². The fourth-order valence-corrected chi connectivity index (χ4v) is 3.94. The van der Waals surface area contributed by atoms with Crippen LogP contribution >= 0.6 is 11.6 Å². The van der Waals surface area contributed by atoms with Gasteiger partial charge in [-0.1, -0.05) is 26.2 Å². The van der Waals surface area contributed by atoms with Gasteiger partial charge in [-0.2, -0.15) is 0 Å². The highest BCUT2D eigenvalue weighted by molar-refractivity contribution is 6.18. The minimum absolute atomic E-state index is 0.371. The third kappa shape index (κ3) is 4.00. The van der Waals surface area contributed by atoms with E-state index < -0.39 is 0 Å². The van der Waals surface area contributed by atoms with Crippen molar-refractivity contribution in [3.8, 4) is 0 Å². The number of aromatic nitrogens is 2. The predicted molar refractivity (Wildman–Crippen MR) is 86.2 cm³/mol. The second kappa shape index (κ2) is 7.49. The molecule has 3 heteroatoms. The number of rotatable bonds is 7. The monoisotopic (exact) mass is 296 g/mol. The molecule has 0 amide bonds. The van der Waals surface area contributed by atoms with E-state index in [0.717, 1.165) is 18.2 Å². The van der Waals surface area contributed by atoms with Gasteiger partial charge in [0, 0.05) is 31.7 Å². The highest BCUT2D eigenvalue weighted by atomic mass is 35.5. The quantitative estimate of drug-likeness (QED) is 0.650. The minimum Gasteiger partial charge on any atom is -0.338 e. The van der Waals surface area contributed by atoms with Crippen molar-refractivity contribution >= 4 is 11.6 Å². The number of unbranched alkanes of at least 4 members (excludes halogenated alkanes) is 1. The van der Waals surface area contributed by atoms with E-state index in [1.807, 2.05) is 12.4 Å². The van der Waals surface area contributed by atoms with E-state index in [1.54, 1.807) is 0 Å². The van der Waals surface area contributed by atoms with Crippen LogP contribution in [0.3, 0.4) is 0 Å². The summed E-state index contributed by atoms with van der Waals surface area (Å²) in [5, 5.41) is 0. The Morgan fingerprint density at radius 1 is 1.40 bits per heavy atom. The number of aryl methyl sites for hydroxylation is 2. The Labute approximate surface area is 128 Å². The lowest BCUT2D eigenvalue weighted by molar-refractivity contribution is 0.154. The van der Waals surface area contributed by atoms with Gasteiger partial charge in [0.25, 0.3) is 0 Å². The normalized spacial score (nSPS) is 26.9. The van der Waals surface area contributed by atoms with E-state index in [9.17, 15) is 0 Å². The van der Waals surface area contributed by atoms with E-state index in [4.69, 9.17) is 11.6 Å². The number of halogens is 1. The first-order chi connectivity index (χ1) is 9.69. The summed E-state index contributed by atoms with van der Waals surface area (Å²) in [6.07, 6.45) is 15.7. The molecule has 1 aromatic rings. The molecule has 0 unspecified atom stereocenters. The van der Waals surface area contributed by atoms with Gasteiger partial charge in [-0.05, 0) is 43.4 Å². The number of nitrogens with zero attached hydrogens (tertiary/aromatic N) is 2. The second-order valence-electron chi connectivity index (χ2n) is 6.67. The van der Waals surface area contributed by atoms with E-state index >= 15 is 0 Å². The predicted octanol–water partition coefficient (Wildman–Crippen LogP) is 4.96. The molecule has 1 saturated carbocycles. The maximum atomic E-state index is 6.34. The molecule has 1 heterocycles. The molecule has 0 aliphatic heterocycles. The fourth-order valence-electron chi connectivity index (χ4n) is 3.54. The van der Waals surface area contributed by atoms with Crippen LogP contribution in [0.4, 0.5) is 0 Å². The molecule has 2 rings (SSSR count). The van der Waals surface area contributed by atoms with Gasteiger partial charge in [0.1, 0.15) is 5.82 Å². The van der Waals surface area contributed by atoms with Crippen LogP contribution in [0.25, 0.3) is 0 Å². The third-order valence-corrected chi connectivity index (χ3v) is 5.78. The molecule has 2 nitrogen and oxygen atoms in total. The summed E-state index contributed by atoms with van der Waals surface area (Å²) in [5.41, 5.74) is 0.371. The Hall–Kier alpha value is -0.500. The average Bonchev–Trinajstić information content (AvgIpc) is 2.89. The zero-order valence-electron chi connectivity index (χ0n) is 13.1. The number of hydrogen-bond acceptors (Lipinski definition) is 1. The molecule has 0 saturated heterocycles. The standard InChI is InChI=1S/C17H29ClN2/c1-3-4-5-15-6-9-17(14-18,10-7-15)11-8-16-19-12-13-20(16)2/h12-13,15H,3-11,14H2,1-2H3. The zero-order chi connectivity index (χ0) is 14.4. The number of hydrogen-bond donors (Lipinski definition) is 0. The molecule has 20 heavy (non-hydrogen) atoms. The van der Waals surface area contributed by atoms with Crippen molar-refractivity contribution in [2.24, 2.45) is 18.4 Å². The Morgan fingerprint density at radius 3 is 2.70 bits per heavy atom. The van der Waals surface area contributed by atoms with Gasteiger partial charge in [0.2, 0.25) is 0 Å². The first kappa shape index (κ1) is 15.9. The van der Waals surface area contributed by atoms with Crippen molar-refractivity contribution in [2.45, 2.75) is 64.7 Å². The van der Waals surface area contributed by atoms with Gasteiger partial charge in [0.05, 0.1) is 0 Å². The topological polar surface area (TPSA) is 17.8 Å². The van der Waals surface area contributed by atoms with Crippen molar-refractivity contribution in [2.75, 3.05) is 5.88 Å². The van der Waals surface area contributed by atoms with Crippen molar-refractivity contribution in [3.05, 3.63) is 18.2 Å². The van der Waals surface area contributed by atoms with E-state index in [0.29, 0.717) is 5.41 Å². The lowest BCUT2D eigenvalue weighted by atomic mass is 9.68. The molecule has 0 aromatic carbocycles. The van der Waals surface area contributed by atoms with Crippen molar-refractivity contribution < 1.29 is 0 Å². The summed E-state index contributed by atoms with van der Waals surface area (Å²) >= 11 is 6.34. The molecule has 0 N–H and O–H groups in total. The lowest BCUT2D eigenvalue weighted by Gasteiger charge is -2.39. The van der Waals surface area contributed by atoms with Gasteiger partial charge < -0.3 is 4.57 Å². The van der Waals surface area contributed by atoms with E-state index in [-0.39, 0.29) is 0 Å². The van der Waals surface area contributed by atoms with Gasteiger partial charge in [0.15, 0.2) is 0 Å². The first-order valence-electron chi connectivity index (χ1n) is 8.21. The Bertz CT molecular complexity index is 391. The Morgan fingerprint density at radius 2 is 2.15 bits per heavy atom. The van der Waals surface area contributed by atoms with Crippen LogP contribution in [-0.2, 0) is 13.5 Å². The zero-order valence-corrected chi connectivity index (χ0v) is 13.8. The average molecular weight is 297 g/mol. The molecular weight excluding hydrogens is 268 g/mol. The molecule has 114 valence electrons. The van der Waals surface area contributed by atoms with Crippen LogP contribution in [0.15, 0.2) is 12.4 Å². The Kier molecular flexibility index (Phi) is 5.95. The van der Waals surface area contributed by atoms with Crippen LogP contribution in [0.2, 0.25) is 0 Å². The van der Waals surface area contributed by atoms with Crippen molar-refractivity contribution in [1.29, 1.82) is 0 Å². The molecule has 0 atom stereocenters. The van der Waals surface area contributed by atoms with Crippen molar-refractivity contribution in [1.82, 2.24) is 9.55 Å². The van der Waals surface area contributed by atoms with Gasteiger partial charge in [-0.25, -0.2) is 4.98 Å². The molecule has 0 bridgehead atoms. The summed E-state index contributed by atoms with van der Waals surface area (Å²) in [5.74, 6) is 2.97. The molecule has 1 aliphatic rings. The highest BCUT2D eigenvalue weighted by Gasteiger charge is 2.34. The molecule has 0 radical (unpaired) electrons. The molecule has 1 fully saturated rings. The highest BCUT2D eigenvalue weighted by Crippen LogP contribution is 2.44. The summed E-state index contributed by atoms with van der Waals surface area (Å²) < 4.78 is 2.13. The van der Waals surface area contributed by atoms with Crippen molar-refractivity contribution in [3.63, 3.8) is 0 Å². The van der Waals surface area contributed by atoms with Gasteiger partial charge >= 0.3 is 0 Å². The Balaban J connectivity index is 1.84. The minimum atomic E-state index is 0.371. The smallest absolute Gasteiger partial charge is 0.108 e. The van der Waals surface area contributed by atoms with E-state index in [2.05, 4.69) is 23.5 Å². The molecule has 1 aliphatic carbocycles. The van der Waals surface area contributed by atoms with Crippen LogP contribution in [0, 0.1) is 11.3 Å². The van der Waals surface area contributed by atoms with Crippen LogP contribution in [0.1, 0.15) is 64.1 Å². The summed E-state index contributed by atoms with van der Waals surface area (Å²) in [6, 6.07) is 0. The summed E-state index contributed by atoms with van der Waals surface area (Å²) in [6.45, 7) is 2.29. The molecule has 0 spiro atoms. The maximum Gasteiger partial charge on any atom is 0.108 e. The number of alkyl halides is 1. The fraction of sp³-hybridized carbons (Fsp3) is 0.824. The maximum absolute atomic E-state index is 6.34. The molecular formula is C17H29ClN2. The van der Waals surface area contributed by atoms with Crippen LogP contribution < -0.4 is 0 Å². The first-order valence-corrected chi connectivity index (χ1v) is 8.75. The largest absolute Gasteiger partial charge is 0.338 e. The molecule has 1 aromatic heterocycles. The third-order valence-electron chi connectivity index (χ3n) is 5.22. The summed E-state index contributed by atoms with van der Waals surface area (Å²) in [7, 11) is 2.08. The lowest BCUT2D eigenvalue weighted by Crippen LogP contribution is -2.30. The van der Waals surface area contributed by atoms with Crippen LogP contribution in [0.5, 0.6) is 0 Å². The van der Waals surface area contributed by atoms with Crippen LogP contribution in [-0.4, -0.2) is 15.4 Å². The summed E-state index contributed by atoms with van der Waals surface area (Å²) in [4.78, 5) is 4.44. The second-order valence-corrected chi connectivity index (χ2v) is 6.94.